The number of nitrogens with one attached hydrogen (secondary N) is 1. The highest BCUT2D eigenvalue weighted by Gasteiger charge is 2.15. The Bertz CT molecular complexity index is 440. The zero-order chi connectivity index (χ0) is 13.0. The summed E-state index contributed by atoms with van der Waals surface area (Å²) in [7, 11) is 0. The van der Waals surface area contributed by atoms with Gasteiger partial charge in [-0.15, -0.1) is 0 Å². The summed E-state index contributed by atoms with van der Waals surface area (Å²) in [5.41, 5.74) is 1.07. The monoisotopic (exact) mass is 235 g/mol. The second kappa shape index (κ2) is 5.48. The Balaban J connectivity index is 2.76. The van der Waals surface area contributed by atoms with E-state index in [-0.39, 0.29) is 17.4 Å². The molecule has 0 bridgehead atoms. The van der Waals surface area contributed by atoms with Gasteiger partial charge in [0.25, 0.3) is 5.91 Å². The van der Waals surface area contributed by atoms with E-state index in [4.69, 9.17) is 0 Å². The molecule has 0 saturated carbocycles. The van der Waals surface area contributed by atoms with E-state index in [1.807, 2.05) is 0 Å². The predicted molar refractivity (Wildman–Crippen MR) is 65.1 cm³/mol. The number of phenolic OH excluding ortho intramolecular Hbond substituents is 1. The van der Waals surface area contributed by atoms with Crippen LogP contribution in [0.15, 0.2) is 18.2 Å². The lowest BCUT2D eigenvalue weighted by atomic mass is 10.1. The maximum atomic E-state index is 11.8. The number of aryl methyl sites for hydroxylation is 1. The zero-order valence-corrected chi connectivity index (χ0v) is 10.3. The Morgan fingerprint density at radius 2 is 2.06 bits per heavy atom. The molecule has 4 nitrogen and oxygen atoms in total. The Labute approximate surface area is 101 Å². The lowest BCUT2D eigenvalue weighted by Gasteiger charge is -2.12. The molecule has 1 amide bonds. The van der Waals surface area contributed by atoms with Crippen LogP contribution in [0.3, 0.4) is 0 Å². The van der Waals surface area contributed by atoms with Gasteiger partial charge in [0.05, 0.1) is 6.04 Å². The molecule has 1 aromatic carbocycles. The van der Waals surface area contributed by atoms with Gasteiger partial charge in [0.2, 0.25) is 0 Å². The summed E-state index contributed by atoms with van der Waals surface area (Å²) in [6.07, 6.45) is 0.399. The van der Waals surface area contributed by atoms with Crippen LogP contribution in [0.25, 0.3) is 0 Å². The lowest BCUT2D eigenvalue weighted by Crippen LogP contribution is -2.38. The van der Waals surface area contributed by atoms with Crippen molar-refractivity contribution in [3.63, 3.8) is 0 Å². The fourth-order valence-electron chi connectivity index (χ4n) is 1.46. The molecule has 17 heavy (non-hydrogen) atoms. The van der Waals surface area contributed by atoms with Crippen LogP contribution in [0.4, 0.5) is 0 Å². The van der Waals surface area contributed by atoms with Gasteiger partial charge in [-0.25, -0.2) is 0 Å². The van der Waals surface area contributed by atoms with Gasteiger partial charge in [-0.3, -0.25) is 9.59 Å². The SMILES string of the molecule is CCC(=O)C(C)NC(=O)c1ccc(O)c(C)c1. The highest BCUT2D eigenvalue weighted by Crippen LogP contribution is 2.16. The van der Waals surface area contributed by atoms with Gasteiger partial charge >= 0.3 is 0 Å². The van der Waals surface area contributed by atoms with Crippen molar-refractivity contribution in [3.8, 4) is 5.75 Å². The van der Waals surface area contributed by atoms with Gasteiger partial charge < -0.3 is 10.4 Å². The fourth-order valence-corrected chi connectivity index (χ4v) is 1.46. The molecule has 1 rings (SSSR count). The minimum absolute atomic E-state index is 0.00569. The van der Waals surface area contributed by atoms with Crippen molar-refractivity contribution in [2.75, 3.05) is 0 Å². The number of hydrogen-bond acceptors (Lipinski definition) is 3. The van der Waals surface area contributed by atoms with Crippen molar-refractivity contribution in [1.29, 1.82) is 0 Å². The van der Waals surface area contributed by atoms with Crippen LogP contribution in [0.1, 0.15) is 36.2 Å². The first-order valence-corrected chi connectivity index (χ1v) is 5.59. The van der Waals surface area contributed by atoms with E-state index in [0.717, 1.165) is 0 Å². The van der Waals surface area contributed by atoms with Crippen LogP contribution in [0.5, 0.6) is 5.75 Å². The third-order valence-electron chi connectivity index (χ3n) is 2.64. The summed E-state index contributed by atoms with van der Waals surface area (Å²) in [6, 6.07) is 4.10. The molecule has 0 fully saturated rings. The van der Waals surface area contributed by atoms with Gasteiger partial charge in [-0.05, 0) is 37.6 Å². The first-order chi connectivity index (χ1) is 7.95. The average molecular weight is 235 g/mol. The molecule has 92 valence electrons. The Kier molecular flexibility index (Phi) is 4.26. The van der Waals surface area contributed by atoms with Crippen LogP contribution in [-0.2, 0) is 4.79 Å². The molecule has 1 atom stereocenters. The third-order valence-corrected chi connectivity index (χ3v) is 2.64. The van der Waals surface area contributed by atoms with Gasteiger partial charge in [0.15, 0.2) is 5.78 Å². The number of hydrogen-bond donors (Lipinski definition) is 2. The molecule has 0 spiro atoms. The molecule has 1 unspecified atom stereocenters. The number of ketones is 1. The van der Waals surface area contributed by atoms with Gasteiger partial charge in [0, 0.05) is 12.0 Å². The smallest absolute Gasteiger partial charge is 0.251 e. The van der Waals surface area contributed by atoms with Gasteiger partial charge in [0.1, 0.15) is 5.75 Å². The second-order valence-electron chi connectivity index (χ2n) is 4.02. The summed E-state index contributed by atoms with van der Waals surface area (Å²) >= 11 is 0. The Morgan fingerprint density at radius 3 is 2.59 bits per heavy atom. The number of Topliss-reactive ketones (excluding diaryl/α,β-unsaturated/α-hetero) is 1. The van der Waals surface area contributed by atoms with Crippen molar-refractivity contribution >= 4 is 11.7 Å². The molecule has 2 N–H and O–H groups in total. The van der Waals surface area contributed by atoms with E-state index in [1.165, 1.54) is 12.1 Å². The number of aromatic hydroxyl groups is 1. The first-order valence-electron chi connectivity index (χ1n) is 5.59. The summed E-state index contributed by atoms with van der Waals surface area (Å²) < 4.78 is 0. The van der Waals surface area contributed by atoms with Gasteiger partial charge in [-0.1, -0.05) is 6.92 Å². The molecule has 1 aromatic rings. The summed E-state index contributed by atoms with van der Waals surface area (Å²) in [5, 5.41) is 12.0. The molecule has 0 aliphatic rings. The standard InChI is InChI=1S/C13H17NO3/c1-4-11(15)9(3)14-13(17)10-5-6-12(16)8(2)7-10/h5-7,9,16H,4H2,1-3H3,(H,14,17). The van der Waals surface area contributed by atoms with Crippen LogP contribution < -0.4 is 5.32 Å². The van der Waals surface area contributed by atoms with Crippen molar-refractivity contribution in [1.82, 2.24) is 5.32 Å². The summed E-state index contributed by atoms with van der Waals surface area (Å²) in [5.74, 6) is -0.157. The number of amides is 1. The third kappa shape index (κ3) is 3.31. The molecule has 0 heterocycles. The molecule has 0 aromatic heterocycles. The topological polar surface area (TPSA) is 66.4 Å². The van der Waals surface area contributed by atoms with Crippen molar-refractivity contribution in [2.24, 2.45) is 0 Å². The van der Waals surface area contributed by atoms with Crippen LogP contribution in [0, 0.1) is 6.92 Å². The number of carbonyl (C=O) groups excluding carboxylic acids is 2. The van der Waals surface area contributed by atoms with E-state index >= 15 is 0 Å². The summed E-state index contributed by atoms with van der Waals surface area (Å²) in [6.45, 7) is 5.14. The molecule has 0 radical (unpaired) electrons. The molecule has 0 saturated heterocycles. The molecule has 4 heteroatoms. The minimum Gasteiger partial charge on any atom is -0.508 e. The maximum absolute atomic E-state index is 11.8. The number of rotatable bonds is 4. The molecule has 0 aliphatic heterocycles. The highest BCUT2D eigenvalue weighted by atomic mass is 16.3. The fraction of sp³-hybridized carbons (Fsp3) is 0.385. The highest BCUT2D eigenvalue weighted by molar-refractivity contribution is 5.98. The van der Waals surface area contributed by atoms with E-state index in [0.29, 0.717) is 17.5 Å². The van der Waals surface area contributed by atoms with Crippen molar-refractivity contribution in [2.45, 2.75) is 33.2 Å². The van der Waals surface area contributed by atoms with E-state index in [2.05, 4.69) is 5.32 Å². The lowest BCUT2D eigenvalue weighted by molar-refractivity contribution is -0.120. The van der Waals surface area contributed by atoms with Crippen molar-refractivity contribution in [3.05, 3.63) is 29.3 Å². The predicted octanol–water partition coefficient (Wildman–Crippen LogP) is 1.80. The largest absolute Gasteiger partial charge is 0.508 e. The number of carbonyl (C=O) groups is 2. The first kappa shape index (κ1) is 13.2. The van der Waals surface area contributed by atoms with Gasteiger partial charge in [-0.2, -0.15) is 0 Å². The van der Waals surface area contributed by atoms with Crippen LogP contribution in [0.2, 0.25) is 0 Å². The number of phenols is 1. The molecular weight excluding hydrogens is 218 g/mol. The minimum atomic E-state index is -0.485. The van der Waals surface area contributed by atoms with Crippen molar-refractivity contribution < 1.29 is 14.7 Å². The van der Waals surface area contributed by atoms with Crippen LogP contribution in [-0.4, -0.2) is 22.8 Å². The van der Waals surface area contributed by atoms with E-state index in [9.17, 15) is 14.7 Å². The quantitative estimate of drug-likeness (QED) is 0.836. The number of benzene rings is 1. The Morgan fingerprint density at radius 1 is 1.41 bits per heavy atom. The van der Waals surface area contributed by atoms with E-state index in [1.54, 1.807) is 26.8 Å². The summed E-state index contributed by atoms with van der Waals surface area (Å²) in [4.78, 5) is 23.1. The molecule has 0 aliphatic carbocycles. The zero-order valence-electron chi connectivity index (χ0n) is 10.3. The maximum Gasteiger partial charge on any atom is 0.251 e. The van der Waals surface area contributed by atoms with E-state index < -0.39 is 6.04 Å². The average Bonchev–Trinajstić information content (AvgIpc) is 2.31. The second-order valence-corrected chi connectivity index (χ2v) is 4.02. The van der Waals surface area contributed by atoms with Crippen LogP contribution >= 0.6 is 0 Å². The molecular formula is C13H17NO3. The Hall–Kier alpha value is -1.84. The normalized spacial score (nSPS) is 11.9.